The molecule has 0 bridgehead atoms. The standard InChI is InChI=1S/C15H14N4O4S2.ClH/c1-19-8-11(6-18-19)9-2-10(15(20)21)4-12(3-9)25(22,23)14-7-17-13(5-16)24-14;/h2-4,6-8H,5,16H2,1H3,(H,20,21);1H. The first-order valence-electron chi connectivity index (χ1n) is 7.08. The Morgan fingerprint density at radius 2 is 2.00 bits per heavy atom. The van der Waals surface area contributed by atoms with Crippen LogP contribution >= 0.6 is 23.7 Å². The van der Waals surface area contributed by atoms with Crippen molar-refractivity contribution in [2.24, 2.45) is 12.8 Å². The van der Waals surface area contributed by atoms with E-state index in [-0.39, 0.29) is 33.6 Å². The summed E-state index contributed by atoms with van der Waals surface area (Å²) in [7, 11) is -2.18. The van der Waals surface area contributed by atoms with E-state index in [1.165, 1.54) is 24.5 Å². The quantitative estimate of drug-likeness (QED) is 0.652. The minimum absolute atomic E-state index is 0. The van der Waals surface area contributed by atoms with E-state index in [1.54, 1.807) is 17.9 Å². The molecule has 3 N–H and O–H groups in total. The number of nitrogens with zero attached hydrogens (tertiary/aromatic N) is 3. The zero-order valence-electron chi connectivity index (χ0n) is 13.5. The molecule has 8 nitrogen and oxygen atoms in total. The number of carboxylic acid groups (broad SMARTS) is 1. The third-order valence-electron chi connectivity index (χ3n) is 3.47. The number of rotatable bonds is 5. The van der Waals surface area contributed by atoms with Crippen molar-refractivity contribution in [3.05, 3.63) is 47.4 Å². The van der Waals surface area contributed by atoms with E-state index in [0.717, 1.165) is 17.4 Å². The van der Waals surface area contributed by atoms with Crippen LogP contribution in [0.2, 0.25) is 0 Å². The van der Waals surface area contributed by atoms with Crippen LogP contribution in [0, 0.1) is 0 Å². The number of halogens is 1. The summed E-state index contributed by atoms with van der Waals surface area (Å²) < 4.78 is 27.3. The Morgan fingerprint density at radius 3 is 2.54 bits per heavy atom. The summed E-state index contributed by atoms with van der Waals surface area (Å²) in [6.07, 6.45) is 4.45. The first-order chi connectivity index (χ1) is 11.8. The van der Waals surface area contributed by atoms with Crippen molar-refractivity contribution in [3.8, 4) is 11.1 Å². The van der Waals surface area contributed by atoms with Gasteiger partial charge >= 0.3 is 5.97 Å². The molecule has 3 rings (SSSR count). The van der Waals surface area contributed by atoms with E-state index in [4.69, 9.17) is 5.73 Å². The van der Waals surface area contributed by atoms with E-state index >= 15 is 0 Å². The predicted octanol–water partition coefficient (Wildman–Crippen LogP) is 1.96. The fourth-order valence-corrected chi connectivity index (χ4v) is 4.77. The van der Waals surface area contributed by atoms with Crippen molar-refractivity contribution in [3.63, 3.8) is 0 Å². The van der Waals surface area contributed by atoms with Gasteiger partial charge in [0.2, 0.25) is 9.84 Å². The molecule has 0 aliphatic heterocycles. The van der Waals surface area contributed by atoms with Gasteiger partial charge in [0.25, 0.3) is 0 Å². The highest BCUT2D eigenvalue weighted by atomic mass is 35.5. The maximum atomic E-state index is 12.8. The second kappa shape index (κ2) is 7.54. The number of carboxylic acids is 1. The third-order valence-corrected chi connectivity index (χ3v) is 6.69. The zero-order valence-corrected chi connectivity index (χ0v) is 15.9. The van der Waals surface area contributed by atoms with Crippen LogP contribution in [0.5, 0.6) is 0 Å². The fraction of sp³-hybridized carbons (Fsp3) is 0.133. The van der Waals surface area contributed by atoms with Crippen molar-refractivity contribution < 1.29 is 18.3 Å². The van der Waals surface area contributed by atoms with Crippen LogP contribution in [-0.4, -0.2) is 34.3 Å². The van der Waals surface area contributed by atoms with E-state index in [0.29, 0.717) is 16.1 Å². The first-order valence-corrected chi connectivity index (χ1v) is 9.38. The maximum absolute atomic E-state index is 12.8. The van der Waals surface area contributed by atoms with Crippen LogP contribution in [0.3, 0.4) is 0 Å². The number of hydrogen-bond donors (Lipinski definition) is 2. The number of sulfone groups is 1. The normalized spacial score (nSPS) is 11.2. The van der Waals surface area contributed by atoms with Crippen LogP contribution in [-0.2, 0) is 23.4 Å². The molecule has 2 heterocycles. The number of benzene rings is 1. The fourth-order valence-electron chi connectivity index (χ4n) is 2.24. The van der Waals surface area contributed by atoms with Crippen molar-refractivity contribution >= 4 is 39.6 Å². The van der Waals surface area contributed by atoms with Gasteiger partial charge < -0.3 is 10.8 Å². The van der Waals surface area contributed by atoms with Crippen molar-refractivity contribution in [1.29, 1.82) is 0 Å². The van der Waals surface area contributed by atoms with Gasteiger partial charge in [-0.1, -0.05) is 0 Å². The molecule has 2 aromatic heterocycles. The van der Waals surface area contributed by atoms with E-state index in [9.17, 15) is 18.3 Å². The maximum Gasteiger partial charge on any atom is 0.335 e. The second-order valence-corrected chi connectivity index (χ2v) is 8.53. The molecule has 26 heavy (non-hydrogen) atoms. The number of carbonyl (C=O) groups is 1. The number of aromatic nitrogens is 3. The largest absolute Gasteiger partial charge is 0.478 e. The van der Waals surface area contributed by atoms with E-state index in [1.807, 2.05) is 0 Å². The van der Waals surface area contributed by atoms with Gasteiger partial charge in [0, 0.05) is 25.4 Å². The lowest BCUT2D eigenvalue weighted by Gasteiger charge is -2.07. The van der Waals surface area contributed by atoms with E-state index in [2.05, 4.69) is 10.1 Å². The molecule has 0 amide bonds. The third kappa shape index (κ3) is 3.78. The molecule has 3 aromatic rings. The van der Waals surface area contributed by atoms with Gasteiger partial charge in [-0.2, -0.15) is 5.10 Å². The minimum Gasteiger partial charge on any atom is -0.478 e. The number of nitrogens with two attached hydrogens (primary N) is 1. The van der Waals surface area contributed by atoms with Crippen LogP contribution in [0.4, 0.5) is 0 Å². The SMILES string of the molecule is Cl.Cn1cc(-c2cc(C(=O)O)cc(S(=O)(=O)c3cnc(CN)s3)c2)cn1. The molecule has 1 aromatic carbocycles. The molecule has 0 unspecified atom stereocenters. The molecule has 11 heteroatoms. The average molecular weight is 415 g/mol. The summed E-state index contributed by atoms with van der Waals surface area (Å²) in [5, 5.41) is 13.8. The van der Waals surface area contributed by atoms with Gasteiger partial charge in [-0.15, -0.1) is 23.7 Å². The first kappa shape index (κ1) is 20.0. The Morgan fingerprint density at radius 1 is 1.27 bits per heavy atom. The number of hydrogen-bond acceptors (Lipinski definition) is 7. The Balaban J connectivity index is 0.00000243. The molecule has 0 radical (unpaired) electrons. The van der Waals surface area contributed by atoms with Crippen molar-refractivity contribution in [1.82, 2.24) is 14.8 Å². The van der Waals surface area contributed by atoms with Gasteiger partial charge in [0.05, 0.1) is 22.9 Å². The zero-order chi connectivity index (χ0) is 18.2. The molecule has 0 aliphatic carbocycles. The van der Waals surface area contributed by atoms with Gasteiger partial charge in [0.1, 0.15) is 9.22 Å². The summed E-state index contributed by atoms with van der Waals surface area (Å²) in [6.45, 7) is 0.135. The van der Waals surface area contributed by atoms with Crippen molar-refractivity contribution in [2.45, 2.75) is 15.6 Å². The van der Waals surface area contributed by atoms with E-state index < -0.39 is 15.8 Å². The molecule has 0 atom stereocenters. The lowest BCUT2D eigenvalue weighted by atomic mass is 10.1. The minimum atomic E-state index is -3.90. The highest BCUT2D eigenvalue weighted by Crippen LogP contribution is 2.30. The second-order valence-electron chi connectivity index (χ2n) is 5.23. The Hall–Kier alpha value is -2.27. The van der Waals surface area contributed by atoms with Crippen molar-refractivity contribution in [2.75, 3.05) is 0 Å². The molecule has 138 valence electrons. The topological polar surface area (TPSA) is 128 Å². The molecular weight excluding hydrogens is 400 g/mol. The predicted molar refractivity (Wildman–Crippen MR) is 98.3 cm³/mol. The summed E-state index contributed by atoms with van der Waals surface area (Å²) in [4.78, 5) is 15.3. The van der Waals surface area contributed by atoms with Crippen LogP contribution in [0.1, 0.15) is 15.4 Å². The summed E-state index contributed by atoms with van der Waals surface area (Å²) in [6, 6.07) is 3.98. The highest BCUT2D eigenvalue weighted by molar-refractivity contribution is 7.93. The van der Waals surface area contributed by atoms with Crippen LogP contribution < -0.4 is 5.73 Å². The lowest BCUT2D eigenvalue weighted by Crippen LogP contribution is -2.04. The van der Waals surface area contributed by atoms with Crippen LogP contribution in [0.25, 0.3) is 11.1 Å². The van der Waals surface area contributed by atoms with Crippen LogP contribution in [0.15, 0.2) is 45.9 Å². The number of aromatic carboxylic acids is 1. The smallest absolute Gasteiger partial charge is 0.335 e. The summed E-state index contributed by atoms with van der Waals surface area (Å²) in [5.74, 6) is -1.21. The Kier molecular flexibility index (Phi) is 5.81. The van der Waals surface area contributed by atoms with Gasteiger partial charge in [-0.25, -0.2) is 18.2 Å². The lowest BCUT2D eigenvalue weighted by molar-refractivity contribution is 0.0696. The molecule has 0 saturated heterocycles. The Labute approximate surface area is 159 Å². The molecule has 0 saturated carbocycles. The molecule has 0 aliphatic rings. The van der Waals surface area contributed by atoms with Gasteiger partial charge in [-0.3, -0.25) is 4.68 Å². The molecular formula is C15H15ClN4O4S2. The average Bonchev–Trinajstić information content (AvgIpc) is 3.23. The highest BCUT2D eigenvalue weighted by Gasteiger charge is 2.23. The number of aryl methyl sites for hydroxylation is 1. The monoisotopic (exact) mass is 414 g/mol. The van der Waals surface area contributed by atoms with Gasteiger partial charge in [-0.05, 0) is 23.8 Å². The van der Waals surface area contributed by atoms with Gasteiger partial charge in [0.15, 0.2) is 0 Å². The summed E-state index contributed by atoms with van der Waals surface area (Å²) >= 11 is 0.967. The number of thiazole rings is 1. The Bertz CT molecular complexity index is 1060. The summed E-state index contributed by atoms with van der Waals surface area (Å²) in [5.41, 5.74) is 6.43. The molecule has 0 spiro atoms. The molecule has 0 fully saturated rings.